The van der Waals surface area contributed by atoms with E-state index >= 15 is 0 Å². The van der Waals surface area contributed by atoms with Gasteiger partial charge in [-0.1, -0.05) is 35.5 Å². The largest absolute Gasteiger partial charge is 0.462 e. The molecule has 0 aliphatic heterocycles. The summed E-state index contributed by atoms with van der Waals surface area (Å²) in [5, 5.41) is 11.6. The van der Waals surface area contributed by atoms with Crippen molar-refractivity contribution in [2.45, 2.75) is 85.0 Å². The van der Waals surface area contributed by atoms with E-state index in [1.54, 1.807) is 0 Å². The third-order valence-electron chi connectivity index (χ3n) is 6.37. The fourth-order valence-corrected chi connectivity index (χ4v) is 5.17. The summed E-state index contributed by atoms with van der Waals surface area (Å²) in [5.41, 5.74) is 2.29. The van der Waals surface area contributed by atoms with Crippen LogP contribution in [-0.2, 0) is 19.1 Å². The Morgan fingerprint density at radius 1 is 1.28 bits per heavy atom. The molecule has 0 unspecified atom stereocenters. The van der Waals surface area contributed by atoms with Gasteiger partial charge in [0, 0.05) is 26.2 Å². The quantitative estimate of drug-likeness (QED) is 0.521. The zero-order chi connectivity index (χ0) is 21.9. The van der Waals surface area contributed by atoms with E-state index in [9.17, 15) is 14.7 Å². The Morgan fingerprint density at radius 3 is 2.48 bits per heavy atom. The van der Waals surface area contributed by atoms with E-state index in [0.29, 0.717) is 19.3 Å². The van der Waals surface area contributed by atoms with E-state index in [4.69, 9.17) is 9.47 Å². The molecule has 6 atom stereocenters. The Morgan fingerprint density at radius 2 is 1.93 bits per heavy atom. The predicted octanol–water partition coefficient (Wildman–Crippen LogP) is 4.51. The number of esters is 2. The minimum absolute atomic E-state index is 0.105. The van der Waals surface area contributed by atoms with Crippen LogP contribution in [0.2, 0.25) is 0 Å². The molecule has 0 aromatic carbocycles. The number of carbonyl (C=O) groups is 2. The van der Waals surface area contributed by atoms with Crippen LogP contribution < -0.4 is 0 Å². The van der Waals surface area contributed by atoms with Gasteiger partial charge >= 0.3 is 11.9 Å². The fraction of sp³-hybridized carbons (Fsp3) is 0.667. The molecule has 5 nitrogen and oxygen atoms in total. The minimum Gasteiger partial charge on any atom is -0.462 e. The van der Waals surface area contributed by atoms with E-state index in [1.807, 2.05) is 27.7 Å². The molecule has 2 aliphatic carbocycles. The number of carbonyl (C=O) groups excluding carboxylic acids is 2. The summed E-state index contributed by atoms with van der Waals surface area (Å²) >= 11 is 0. The molecule has 5 heteroatoms. The molecule has 0 spiro atoms. The third kappa shape index (κ3) is 5.39. The van der Waals surface area contributed by atoms with Gasteiger partial charge < -0.3 is 14.6 Å². The van der Waals surface area contributed by atoms with Gasteiger partial charge in [0.25, 0.3) is 0 Å². The summed E-state index contributed by atoms with van der Waals surface area (Å²) in [6.45, 7) is 14.9. The minimum atomic E-state index is -0.977. The van der Waals surface area contributed by atoms with Crippen molar-refractivity contribution in [2.24, 2.45) is 17.8 Å². The lowest BCUT2D eigenvalue weighted by Crippen LogP contribution is -2.53. The van der Waals surface area contributed by atoms with Crippen LogP contribution in [0.4, 0.5) is 0 Å². The SMILES string of the molecule is C=C1C[C@@H](OC(C)=O)[C@@H]([C@@](C)(CCC=C(C)C)OC(C)=O)[C@@H](O)[C@@H]2C(C)=CC[C@@H]12. The van der Waals surface area contributed by atoms with Gasteiger partial charge in [0.15, 0.2) is 0 Å². The molecule has 0 bridgehead atoms. The number of fused-ring (bicyclic) bond motifs is 1. The molecule has 0 aromatic heterocycles. The molecule has 1 N–H and O–H groups in total. The molecule has 0 heterocycles. The maximum Gasteiger partial charge on any atom is 0.303 e. The van der Waals surface area contributed by atoms with Gasteiger partial charge in [-0.3, -0.25) is 9.59 Å². The number of hydrogen-bond acceptors (Lipinski definition) is 5. The first-order chi connectivity index (χ1) is 13.5. The summed E-state index contributed by atoms with van der Waals surface area (Å²) in [7, 11) is 0. The summed E-state index contributed by atoms with van der Waals surface area (Å²) in [6, 6.07) is 0. The lowest BCUT2D eigenvalue weighted by molar-refractivity contribution is -0.186. The second kappa shape index (κ2) is 9.29. The van der Waals surface area contributed by atoms with Crippen molar-refractivity contribution < 1.29 is 24.2 Å². The second-order valence-corrected chi connectivity index (χ2v) is 9.07. The van der Waals surface area contributed by atoms with Crippen LogP contribution in [-0.4, -0.2) is 34.9 Å². The highest BCUT2D eigenvalue weighted by Crippen LogP contribution is 2.49. The van der Waals surface area contributed by atoms with Crippen LogP contribution in [0.3, 0.4) is 0 Å². The average Bonchev–Trinajstić information content (AvgIpc) is 2.90. The van der Waals surface area contributed by atoms with Gasteiger partial charge in [-0.25, -0.2) is 0 Å². The first-order valence-electron chi connectivity index (χ1n) is 10.5. The van der Waals surface area contributed by atoms with E-state index in [-0.39, 0.29) is 11.8 Å². The molecule has 2 rings (SSSR count). The summed E-state index contributed by atoms with van der Waals surface area (Å²) in [6.07, 6.45) is 5.36. The molecule has 162 valence electrons. The maximum atomic E-state index is 12.0. The molecular weight excluding hydrogens is 368 g/mol. The monoisotopic (exact) mass is 404 g/mol. The van der Waals surface area contributed by atoms with E-state index < -0.39 is 35.7 Å². The standard InChI is InChI=1S/C24H36O5/c1-14(2)9-8-12-24(7,29-18(6)26)22-20(28-17(5)25)13-16(4)19-11-10-15(3)21(19)23(22)27/h9-10,19-23,27H,4,8,11-13H2,1-3,5-7H3/t19-,20+,21+,22+,23-,24+/m0/s1. The van der Waals surface area contributed by atoms with Crippen molar-refractivity contribution in [3.8, 4) is 0 Å². The Balaban J connectivity index is 2.51. The number of aliphatic hydroxyl groups is 1. The van der Waals surface area contributed by atoms with Crippen LogP contribution in [0.1, 0.15) is 67.2 Å². The first-order valence-corrected chi connectivity index (χ1v) is 10.5. The molecule has 29 heavy (non-hydrogen) atoms. The number of aliphatic hydroxyl groups excluding tert-OH is 1. The molecule has 0 saturated heterocycles. The summed E-state index contributed by atoms with van der Waals surface area (Å²) in [5.74, 6) is -1.35. The zero-order valence-corrected chi connectivity index (χ0v) is 18.7. The lowest BCUT2D eigenvalue weighted by atomic mass is 9.72. The van der Waals surface area contributed by atoms with E-state index in [0.717, 1.165) is 17.6 Å². The van der Waals surface area contributed by atoms with Gasteiger partial charge in [-0.2, -0.15) is 0 Å². The summed E-state index contributed by atoms with van der Waals surface area (Å²) in [4.78, 5) is 23.9. The Bertz CT molecular complexity index is 715. The van der Waals surface area contributed by atoms with E-state index in [2.05, 4.69) is 18.7 Å². The van der Waals surface area contributed by atoms with Crippen LogP contribution in [0.25, 0.3) is 0 Å². The first kappa shape index (κ1) is 23.4. The van der Waals surface area contributed by atoms with Gasteiger partial charge in [-0.15, -0.1) is 0 Å². The second-order valence-electron chi connectivity index (χ2n) is 9.07. The van der Waals surface area contributed by atoms with Crippen molar-refractivity contribution in [1.29, 1.82) is 0 Å². The molecular formula is C24H36O5. The van der Waals surface area contributed by atoms with Crippen molar-refractivity contribution in [3.63, 3.8) is 0 Å². The molecule has 0 amide bonds. The zero-order valence-electron chi connectivity index (χ0n) is 18.7. The number of rotatable bonds is 6. The van der Waals surface area contributed by atoms with Crippen molar-refractivity contribution in [3.05, 3.63) is 35.5 Å². The normalized spacial score (nSPS) is 31.1. The van der Waals surface area contributed by atoms with Crippen LogP contribution in [0.5, 0.6) is 0 Å². The van der Waals surface area contributed by atoms with Crippen LogP contribution in [0, 0.1) is 17.8 Å². The average molecular weight is 405 g/mol. The number of hydrogen-bond donors (Lipinski definition) is 1. The lowest BCUT2D eigenvalue weighted by Gasteiger charge is -2.43. The molecule has 0 radical (unpaired) electrons. The molecule has 1 fully saturated rings. The van der Waals surface area contributed by atoms with Crippen LogP contribution >= 0.6 is 0 Å². The highest BCUT2D eigenvalue weighted by Gasteiger charge is 2.54. The molecule has 1 saturated carbocycles. The highest BCUT2D eigenvalue weighted by molar-refractivity contribution is 5.67. The third-order valence-corrected chi connectivity index (χ3v) is 6.37. The molecule has 2 aliphatic rings. The summed E-state index contributed by atoms with van der Waals surface area (Å²) < 4.78 is 11.5. The van der Waals surface area contributed by atoms with Crippen molar-refractivity contribution >= 4 is 11.9 Å². The number of allylic oxidation sites excluding steroid dienone is 3. The van der Waals surface area contributed by atoms with Gasteiger partial charge in [0.1, 0.15) is 11.7 Å². The van der Waals surface area contributed by atoms with Crippen LogP contribution in [0.15, 0.2) is 35.5 Å². The number of ether oxygens (including phenoxy) is 2. The Hall–Kier alpha value is -1.88. The van der Waals surface area contributed by atoms with Gasteiger partial charge in [-0.05, 0) is 52.9 Å². The van der Waals surface area contributed by atoms with Crippen molar-refractivity contribution in [2.75, 3.05) is 0 Å². The highest BCUT2D eigenvalue weighted by atomic mass is 16.6. The topological polar surface area (TPSA) is 72.8 Å². The smallest absolute Gasteiger partial charge is 0.303 e. The Kier molecular flexibility index (Phi) is 7.50. The maximum absolute atomic E-state index is 12.0. The molecule has 0 aromatic rings. The van der Waals surface area contributed by atoms with E-state index in [1.165, 1.54) is 19.4 Å². The Labute approximate surface area is 174 Å². The van der Waals surface area contributed by atoms with Crippen molar-refractivity contribution in [1.82, 2.24) is 0 Å². The predicted molar refractivity (Wildman–Crippen MR) is 113 cm³/mol. The van der Waals surface area contributed by atoms with Gasteiger partial charge in [0.05, 0.1) is 12.0 Å². The fourth-order valence-electron chi connectivity index (χ4n) is 5.17. The van der Waals surface area contributed by atoms with Gasteiger partial charge in [0.2, 0.25) is 0 Å².